The van der Waals surface area contributed by atoms with Crippen LogP contribution < -0.4 is 10.6 Å². The highest BCUT2D eigenvalue weighted by atomic mass is 32.2. The number of hydrogen-bond acceptors (Lipinski definition) is 5. The lowest BCUT2D eigenvalue weighted by Crippen LogP contribution is -2.35. The van der Waals surface area contributed by atoms with Crippen LogP contribution in [0.2, 0.25) is 0 Å². The van der Waals surface area contributed by atoms with Gasteiger partial charge in [-0.1, -0.05) is 18.0 Å². The van der Waals surface area contributed by atoms with Crippen molar-refractivity contribution < 1.29 is 14.1 Å². The zero-order valence-electron chi connectivity index (χ0n) is 12.3. The van der Waals surface area contributed by atoms with Gasteiger partial charge in [0.05, 0.1) is 11.0 Å². The first kappa shape index (κ1) is 15.9. The minimum atomic E-state index is -0.323. The lowest BCUT2D eigenvalue weighted by molar-refractivity contribution is -0.119. The van der Waals surface area contributed by atoms with E-state index in [1.54, 1.807) is 19.9 Å². The molecule has 0 bridgehead atoms. The summed E-state index contributed by atoms with van der Waals surface area (Å²) in [5.74, 6) is 1.16. The normalized spacial score (nSPS) is 16.7. The van der Waals surface area contributed by atoms with Crippen LogP contribution in [0.1, 0.15) is 38.4 Å². The minimum Gasteiger partial charge on any atom is -0.360 e. The first-order valence-electron chi connectivity index (χ1n) is 7.20. The molecule has 2 rings (SSSR count). The van der Waals surface area contributed by atoms with E-state index in [9.17, 15) is 9.59 Å². The summed E-state index contributed by atoms with van der Waals surface area (Å²) >= 11 is 1.32. The van der Waals surface area contributed by atoms with E-state index in [-0.39, 0.29) is 17.1 Å². The van der Waals surface area contributed by atoms with Crippen LogP contribution in [0.4, 0.5) is 5.82 Å². The number of rotatable bonds is 6. The summed E-state index contributed by atoms with van der Waals surface area (Å²) in [7, 11) is 0. The molecule has 1 unspecified atom stereocenters. The fourth-order valence-corrected chi connectivity index (χ4v) is 2.96. The molecule has 2 N–H and O–H groups in total. The molecule has 6 nitrogen and oxygen atoms in total. The first-order valence-corrected chi connectivity index (χ1v) is 8.24. The van der Waals surface area contributed by atoms with Crippen LogP contribution in [0.25, 0.3) is 0 Å². The van der Waals surface area contributed by atoms with E-state index in [1.807, 2.05) is 0 Å². The van der Waals surface area contributed by atoms with Crippen molar-refractivity contribution in [3.8, 4) is 0 Å². The number of hydrogen-bond donors (Lipinski definition) is 2. The number of nitrogens with one attached hydrogen (secondary N) is 2. The summed E-state index contributed by atoms with van der Waals surface area (Å²) in [6, 6.07) is 1.97. The molecular formula is C14H21N3O3S. The van der Waals surface area contributed by atoms with E-state index in [2.05, 4.69) is 15.8 Å². The summed E-state index contributed by atoms with van der Waals surface area (Å²) in [6.45, 7) is 3.53. The molecule has 0 saturated heterocycles. The fourth-order valence-electron chi connectivity index (χ4n) is 2.27. The van der Waals surface area contributed by atoms with Gasteiger partial charge in [0.25, 0.3) is 0 Å². The van der Waals surface area contributed by atoms with Crippen molar-refractivity contribution in [2.24, 2.45) is 0 Å². The quantitative estimate of drug-likeness (QED) is 0.840. The van der Waals surface area contributed by atoms with Crippen molar-refractivity contribution in [1.82, 2.24) is 10.5 Å². The Hall–Kier alpha value is -1.50. The molecule has 1 aliphatic carbocycles. The van der Waals surface area contributed by atoms with Crippen LogP contribution in [-0.4, -0.2) is 34.0 Å². The van der Waals surface area contributed by atoms with E-state index in [4.69, 9.17) is 4.52 Å². The Morgan fingerprint density at radius 2 is 2.19 bits per heavy atom. The number of aryl methyl sites for hydroxylation is 1. The Kier molecular flexibility index (Phi) is 5.67. The van der Waals surface area contributed by atoms with Crippen LogP contribution in [0, 0.1) is 6.92 Å². The topological polar surface area (TPSA) is 84.2 Å². The Balaban J connectivity index is 1.69. The highest BCUT2D eigenvalue weighted by Crippen LogP contribution is 2.18. The van der Waals surface area contributed by atoms with Crippen molar-refractivity contribution >= 4 is 29.4 Å². The number of thioether (sulfide) groups is 1. The molecule has 1 aromatic rings. The second kappa shape index (κ2) is 7.49. The summed E-state index contributed by atoms with van der Waals surface area (Å²) in [6.07, 6.45) is 4.51. The van der Waals surface area contributed by atoms with Gasteiger partial charge in [0, 0.05) is 12.1 Å². The Morgan fingerprint density at radius 1 is 1.48 bits per heavy atom. The Labute approximate surface area is 128 Å². The predicted molar refractivity (Wildman–Crippen MR) is 82.2 cm³/mol. The number of anilines is 1. The van der Waals surface area contributed by atoms with Gasteiger partial charge in [0.15, 0.2) is 5.82 Å². The second-order valence-electron chi connectivity index (χ2n) is 5.31. The maximum atomic E-state index is 11.9. The average molecular weight is 311 g/mol. The molecule has 1 aliphatic rings. The van der Waals surface area contributed by atoms with Gasteiger partial charge in [-0.2, -0.15) is 0 Å². The van der Waals surface area contributed by atoms with Crippen molar-refractivity contribution in [1.29, 1.82) is 0 Å². The van der Waals surface area contributed by atoms with Gasteiger partial charge >= 0.3 is 0 Å². The molecule has 116 valence electrons. The fraction of sp³-hybridized carbons (Fsp3) is 0.643. The van der Waals surface area contributed by atoms with Gasteiger partial charge in [0.1, 0.15) is 5.76 Å². The molecule has 0 aromatic carbocycles. The minimum absolute atomic E-state index is 0.00355. The van der Waals surface area contributed by atoms with Crippen LogP contribution in [0.15, 0.2) is 10.6 Å². The van der Waals surface area contributed by atoms with Crippen molar-refractivity contribution in [3.63, 3.8) is 0 Å². The number of carbonyl (C=O) groups is 2. The van der Waals surface area contributed by atoms with Crippen LogP contribution >= 0.6 is 11.8 Å². The number of aromatic nitrogens is 1. The van der Waals surface area contributed by atoms with Gasteiger partial charge in [0.2, 0.25) is 11.8 Å². The summed E-state index contributed by atoms with van der Waals surface area (Å²) in [4.78, 5) is 23.7. The SMILES string of the molecule is Cc1cc(NC(=O)C(C)SCC(=O)NC2CCCC2)no1. The number of carbonyl (C=O) groups excluding carboxylic acids is 2. The van der Waals surface area contributed by atoms with E-state index in [0.29, 0.717) is 23.4 Å². The third-order valence-corrected chi connectivity index (χ3v) is 4.58. The molecule has 1 fully saturated rings. The summed E-state index contributed by atoms with van der Waals surface area (Å²) in [5, 5.41) is 9.05. The van der Waals surface area contributed by atoms with Gasteiger partial charge in [-0.25, -0.2) is 0 Å². The lowest BCUT2D eigenvalue weighted by Gasteiger charge is -2.13. The largest absolute Gasteiger partial charge is 0.360 e. The molecule has 1 atom stereocenters. The molecule has 0 radical (unpaired) electrons. The molecule has 0 aliphatic heterocycles. The zero-order chi connectivity index (χ0) is 15.2. The third-order valence-electron chi connectivity index (χ3n) is 3.43. The molecule has 1 saturated carbocycles. The van der Waals surface area contributed by atoms with Crippen LogP contribution in [0.3, 0.4) is 0 Å². The highest BCUT2D eigenvalue weighted by Gasteiger charge is 2.20. The lowest BCUT2D eigenvalue weighted by atomic mass is 10.2. The monoisotopic (exact) mass is 311 g/mol. The zero-order valence-corrected chi connectivity index (χ0v) is 13.2. The maximum absolute atomic E-state index is 11.9. The average Bonchev–Trinajstić information content (AvgIpc) is 3.08. The van der Waals surface area contributed by atoms with E-state index in [0.717, 1.165) is 12.8 Å². The number of amides is 2. The van der Waals surface area contributed by atoms with Crippen LogP contribution in [0.5, 0.6) is 0 Å². The van der Waals surface area contributed by atoms with E-state index < -0.39 is 0 Å². The van der Waals surface area contributed by atoms with Crippen LogP contribution in [-0.2, 0) is 9.59 Å². The number of nitrogens with zero attached hydrogens (tertiary/aromatic N) is 1. The summed E-state index contributed by atoms with van der Waals surface area (Å²) in [5.41, 5.74) is 0. The van der Waals surface area contributed by atoms with Crippen molar-refractivity contribution in [2.75, 3.05) is 11.1 Å². The van der Waals surface area contributed by atoms with Gasteiger partial charge in [-0.15, -0.1) is 11.8 Å². The third kappa shape index (κ3) is 5.08. The van der Waals surface area contributed by atoms with Crippen molar-refractivity contribution in [2.45, 2.75) is 50.8 Å². The smallest absolute Gasteiger partial charge is 0.238 e. The molecule has 0 spiro atoms. The molecular weight excluding hydrogens is 290 g/mol. The molecule has 1 aromatic heterocycles. The second-order valence-corrected chi connectivity index (χ2v) is 6.64. The summed E-state index contributed by atoms with van der Waals surface area (Å²) < 4.78 is 4.88. The highest BCUT2D eigenvalue weighted by molar-refractivity contribution is 8.01. The predicted octanol–water partition coefficient (Wildman–Crippen LogP) is 2.10. The van der Waals surface area contributed by atoms with Gasteiger partial charge in [-0.3, -0.25) is 9.59 Å². The Bertz CT molecular complexity index is 497. The first-order chi connectivity index (χ1) is 10.0. The van der Waals surface area contributed by atoms with E-state index >= 15 is 0 Å². The molecule has 21 heavy (non-hydrogen) atoms. The Morgan fingerprint density at radius 3 is 2.81 bits per heavy atom. The van der Waals surface area contributed by atoms with Gasteiger partial charge < -0.3 is 15.2 Å². The maximum Gasteiger partial charge on any atom is 0.238 e. The molecule has 2 amide bonds. The molecule has 1 heterocycles. The standard InChI is InChI=1S/C14H21N3O3S/c1-9-7-12(17-20-9)16-14(19)10(2)21-8-13(18)15-11-5-3-4-6-11/h7,10-11H,3-6,8H2,1-2H3,(H,15,18)(H,16,17,19). The molecule has 7 heteroatoms. The van der Waals surface area contributed by atoms with Gasteiger partial charge in [-0.05, 0) is 26.7 Å². The van der Waals surface area contributed by atoms with E-state index in [1.165, 1.54) is 24.6 Å². The van der Waals surface area contributed by atoms with Crippen molar-refractivity contribution in [3.05, 3.63) is 11.8 Å².